The fourth-order valence-corrected chi connectivity index (χ4v) is 3.94. The Morgan fingerprint density at radius 2 is 1.85 bits per heavy atom. The van der Waals surface area contributed by atoms with E-state index in [4.69, 9.17) is 18.9 Å². The molecule has 8 nitrogen and oxygen atoms in total. The maximum absolute atomic E-state index is 13.3. The van der Waals surface area contributed by atoms with Crippen molar-refractivity contribution in [2.45, 2.75) is 44.2 Å². The number of ether oxygens (including phenoxy) is 4. The zero-order valence-electron chi connectivity index (χ0n) is 14.6. The Balaban J connectivity index is 1.70. The zero-order valence-corrected chi connectivity index (χ0v) is 14.6. The van der Waals surface area contributed by atoms with Crippen LogP contribution >= 0.6 is 0 Å². The molecule has 3 aliphatic heterocycles. The summed E-state index contributed by atoms with van der Waals surface area (Å²) in [5, 5.41) is 0. The fraction of sp³-hybridized carbons (Fsp3) is 0.444. The predicted molar refractivity (Wildman–Crippen MR) is 89.9 cm³/mol. The van der Waals surface area contributed by atoms with E-state index in [-0.39, 0.29) is 24.2 Å². The molecule has 2 aromatic rings. The molecule has 4 heterocycles. The third-order valence-electron chi connectivity index (χ3n) is 5.00. The molecule has 2 fully saturated rings. The molecular weight excluding hydrogens is 359 g/mol. The van der Waals surface area contributed by atoms with Gasteiger partial charge in [-0.05, 0) is 31.5 Å². The summed E-state index contributed by atoms with van der Waals surface area (Å²) in [6.45, 7) is 3.67. The summed E-state index contributed by atoms with van der Waals surface area (Å²) in [7, 11) is 0. The number of nitrogens with one attached hydrogen (secondary N) is 1. The molecule has 1 aromatic carbocycles. The Labute approximate surface area is 152 Å². The molecule has 2 saturated heterocycles. The Morgan fingerprint density at radius 1 is 1.15 bits per heavy atom. The van der Waals surface area contributed by atoms with E-state index in [1.165, 1.54) is 28.8 Å². The first-order chi connectivity index (χ1) is 12.8. The quantitative estimate of drug-likeness (QED) is 0.803. The van der Waals surface area contributed by atoms with Gasteiger partial charge in [0.05, 0.1) is 0 Å². The Morgan fingerprint density at radius 3 is 2.59 bits per heavy atom. The first kappa shape index (κ1) is 16.7. The standard InChI is InChI=1S/C18H17FN2O6/c1-18(2)26-12-10-7-24-15-11(8-3-5-9(19)6-4-8)14(22)20-17(23)21(15)16(25-10)13(12)27-18/h3-6,10,12-13,16H,7H2,1-2H3,(H,20,22,23)/t10-,12-,13-,16?/m1/s1. The molecule has 1 aromatic heterocycles. The van der Waals surface area contributed by atoms with Crippen molar-refractivity contribution < 1.29 is 23.3 Å². The summed E-state index contributed by atoms with van der Waals surface area (Å²) < 4.78 is 38.1. The summed E-state index contributed by atoms with van der Waals surface area (Å²) in [4.78, 5) is 27.4. The zero-order chi connectivity index (χ0) is 18.9. The Bertz CT molecular complexity index is 1030. The molecule has 142 valence electrons. The van der Waals surface area contributed by atoms with Gasteiger partial charge in [-0.3, -0.25) is 9.78 Å². The van der Waals surface area contributed by atoms with E-state index in [9.17, 15) is 14.0 Å². The predicted octanol–water partition coefficient (Wildman–Crippen LogP) is 1.15. The normalized spacial score (nSPS) is 30.3. The largest absolute Gasteiger partial charge is 0.475 e. The van der Waals surface area contributed by atoms with Crippen LogP contribution in [0.2, 0.25) is 0 Å². The van der Waals surface area contributed by atoms with Crippen molar-refractivity contribution in [3.05, 3.63) is 50.9 Å². The number of benzene rings is 1. The van der Waals surface area contributed by atoms with Crippen molar-refractivity contribution in [3.63, 3.8) is 0 Å². The fourth-order valence-electron chi connectivity index (χ4n) is 3.94. The lowest BCUT2D eigenvalue weighted by atomic mass is 10.1. The molecule has 2 bridgehead atoms. The molecule has 0 amide bonds. The Hall–Kier alpha value is -2.49. The highest BCUT2D eigenvalue weighted by molar-refractivity contribution is 5.67. The van der Waals surface area contributed by atoms with Crippen LogP contribution in [0.3, 0.4) is 0 Å². The van der Waals surface area contributed by atoms with Crippen LogP contribution in [0.15, 0.2) is 33.9 Å². The molecule has 4 atom stereocenters. The van der Waals surface area contributed by atoms with Crippen molar-refractivity contribution in [1.29, 1.82) is 0 Å². The van der Waals surface area contributed by atoms with Gasteiger partial charge in [-0.1, -0.05) is 12.1 Å². The van der Waals surface area contributed by atoms with E-state index in [1.54, 1.807) is 13.8 Å². The molecule has 1 unspecified atom stereocenters. The smallest absolute Gasteiger partial charge is 0.333 e. The van der Waals surface area contributed by atoms with E-state index in [0.29, 0.717) is 5.56 Å². The third kappa shape index (κ3) is 2.46. The molecule has 3 aliphatic rings. The van der Waals surface area contributed by atoms with Crippen LogP contribution in [0.25, 0.3) is 11.1 Å². The summed E-state index contributed by atoms with van der Waals surface area (Å²) in [5.41, 5.74) is -0.711. The molecular formula is C18H17FN2O6. The lowest BCUT2D eigenvalue weighted by Crippen LogP contribution is -2.40. The van der Waals surface area contributed by atoms with Crippen molar-refractivity contribution in [1.82, 2.24) is 9.55 Å². The molecule has 27 heavy (non-hydrogen) atoms. The molecule has 0 spiro atoms. The van der Waals surface area contributed by atoms with Crippen molar-refractivity contribution >= 4 is 0 Å². The van der Waals surface area contributed by atoms with Crippen LogP contribution in [-0.4, -0.2) is 40.3 Å². The minimum absolute atomic E-state index is 0.0783. The number of nitrogens with zero attached hydrogens (tertiary/aromatic N) is 1. The highest BCUT2D eigenvalue weighted by Gasteiger charge is 2.58. The monoisotopic (exact) mass is 376 g/mol. The average molecular weight is 376 g/mol. The average Bonchev–Trinajstić information content (AvgIpc) is 2.98. The molecule has 9 heteroatoms. The van der Waals surface area contributed by atoms with E-state index in [2.05, 4.69) is 4.98 Å². The number of halogens is 1. The second-order valence-electron chi connectivity index (χ2n) is 7.26. The van der Waals surface area contributed by atoms with Gasteiger partial charge in [-0.25, -0.2) is 13.8 Å². The summed E-state index contributed by atoms with van der Waals surface area (Å²) in [6.07, 6.45) is -2.15. The maximum Gasteiger partial charge on any atom is 0.333 e. The van der Waals surface area contributed by atoms with Gasteiger partial charge < -0.3 is 18.9 Å². The SMILES string of the molecule is CC1(C)O[C@@H]2[C@H]3COc4c(-c5ccc(F)cc5)c(=O)[nH]c(=O)n4C(O3)[C@@H]2O1. The summed E-state index contributed by atoms with van der Waals surface area (Å²) in [6, 6.07) is 5.39. The van der Waals surface area contributed by atoms with Crippen molar-refractivity contribution in [3.8, 4) is 17.0 Å². The number of rotatable bonds is 1. The number of fused-ring (bicyclic) bond motifs is 7. The molecule has 5 rings (SSSR count). The molecule has 0 aliphatic carbocycles. The molecule has 0 saturated carbocycles. The van der Waals surface area contributed by atoms with Gasteiger partial charge in [0.1, 0.15) is 36.3 Å². The second-order valence-corrected chi connectivity index (χ2v) is 7.26. The first-order valence-corrected chi connectivity index (χ1v) is 8.63. The van der Waals surface area contributed by atoms with Gasteiger partial charge in [0.2, 0.25) is 5.88 Å². The van der Waals surface area contributed by atoms with Crippen LogP contribution in [-0.2, 0) is 14.2 Å². The van der Waals surface area contributed by atoms with Crippen LogP contribution in [0.1, 0.15) is 20.1 Å². The van der Waals surface area contributed by atoms with Crippen LogP contribution in [0.5, 0.6) is 5.88 Å². The second kappa shape index (κ2) is 5.51. The van der Waals surface area contributed by atoms with E-state index in [0.717, 1.165) is 0 Å². The van der Waals surface area contributed by atoms with Crippen molar-refractivity contribution in [2.75, 3.05) is 6.61 Å². The van der Waals surface area contributed by atoms with Gasteiger partial charge >= 0.3 is 5.69 Å². The highest BCUT2D eigenvalue weighted by Crippen LogP contribution is 2.46. The molecule has 0 radical (unpaired) electrons. The van der Waals surface area contributed by atoms with E-state index in [1.807, 2.05) is 0 Å². The number of aromatic nitrogens is 2. The molecule has 1 N–H and O–H groups in total. The van der Waals surface area contributed by atoms with Gasteiger partial charge in [0.25, 0.3) is 5.56 Å². The number of H-pyrrole nitrogens is 1. The highest BCUT2D eigenvalue weighted by atomic mass is 19.1. The minimum atomic E-state index is -0.814. The van der Waals surface area contributed by atoms with Crippen molar-refractivity contribution in [2.24, 2.45) is 0 Å². The van der Waals surface area contributed by atoms with E-state index >= 15 is 0 Å². The summed E-state index contributed by atoms with van der Waals surface area (Å²) in [5.74, 6) is -1.17. The van der Waals surface area contributed by atoms with E-state index < -0.39 is 41.3 Å². The van der Waals surface area contributed by atoms with Gasteiger partial charge in [-0.2, -0.15) is 0 Å². The van der Waals surface area contributed by atoms with Crippen LogP contribution < -0.4 is 16.0 Å². The number of aromatic amines is 1. The number of hydrogen-bond acceptors (Lipinski definition) is 6. The number of hydrogen-bond donors (Lipinski definition) is 1. The Kier molecular flexibility index (Phi) is 3.40. The lowest BCUT2D eigenvalue weighted by molar-refractivity contribution is -0.195. The summed E-state index contributed by atoms with van der Waals surface area (Å²) >= 11 is 0. The van der Waals surface area contributed by atoms with Crippen LogP contribution in [0.4, 0.5) is 4.39 Å². The van der Waals surface area contributed by atoms with Gasteiger partial charge in [0, 0.05) is 0 Å². The van der Waals surface area contributed by atoms with Gasteiger partial charge in [-0.15, -0.1) is 0 Å². The first-order valence-electron chi connectivity index (χ1n) is 8.63. The topological polar surface area (TPSA) is 91.8 Å². The van der Waals surface area contributed by atoms with Crippen LogP contribution in [0, 0.1) is 5.82 Å². The van der Waals surface area contributed by atoms with Gasteiger partial charge in [0.15, 0.2) is 12.0 Å². The minimum Gasteiger partial charge on any atom is -0.475 e. The lowest BCUT2D eigenvalue weighted by Gasteiger charge is -2.23. The maximum atomic E-state index is 13.3. The third-order valence-corrected chi connectivity index (χ3v) is 5.00.